The van der Waals surface area contributed by atoms with Crippen molar-refractivity contribution in [2.24, 2.45) is 5.92 Å². The second-order valence-corrected chi connectivity index (χ2v) is 10.3. The average Bonchev–Trinajstić information content (AvgIpc) is 2.87. The number of carbonyl (C=O) groups is 1. The SMILES string of the molecule is C[N+]1(CCCc2ccccn2)CCC(OC(=O)C(O)(c2ccccc2)C2CCCCC2)CC1. The first-order valence-electron chi connectivity index (χ1n) is 12.7. The molecule has 1 unspecified atom stereocenters. The number of quaternary nitrogens is 1. The Morgan fingerprint density at radius 2 is 1.73 bits per heavy atom. The number of piperidine rings is 1. The summed E-state index contributed by atoms with van der Waals surface area (Å²) in [6, 6.07) is 15.5. The highest BCUT2D eigenvalue weighted by molar-refractivity contribution is 5.81. The third-order valence-corrected chi connectivity index (χ3v) is 7.83. The predicted octanol–water partition coefficient (Wildman–Crippen LogP) is 4.63. The molecule has 2 fully saturated rings. The Kier molecular flexibility index (Phi) is 7.82. The largest absolute Gasteiger partial charge is 0.460 e. The molecule has 1 atom stereocenters. The van der Waals surface area contributed by atoms with Crippen LogP contribution in [0, 0.1) is 5.92 Å². The summed E-state index contributed by atoms with van der Waals surface area (Å²) in [6.45, 7) is 3.09. The summed E-state index contributed by atoms with van der Waals surface area (Å²) in [5.74, 6) is -0.519. The lowest BCUT2D eigenvalue weighted by Gasteiger charge is -2.42. The molecule has 178 valence electrons. The highest BCUT2D eigenvalue weighted by Gasteiger charge is 2.48. The Labute approximate surface area is 198 Å². The van der Waals surface area contributed by atoms with E-state index in [0.29, 0.717) is 5.56 Å². The first-order chi connectivity index (χ1) is 16.0. The number of hydrogen-bond acceptors (Lipinski definition) is 4. The molecule has 2 heterocycles. The number of aryl methyl sites for hydroxylation is 1. The maximum Gasteiger partial charge on any atom is 0.343 e. The predicted molar refractivity (Wildman–Crippen MR) is 129 cm³/mol. The van der Waals surface area contributed by atoms with Crippen LogP contribution in [0.5, 0.6) is 0 Å². The molecular formula is C28H39N2O3+. The molecule has 0 spiro atoms. The maximum atomic E-state index is 13.4. The normalized spacial score (nSPS) is 25.8. The molecule has 1 N–H and O–H groups in total. The van der Waals surface area contributed by atoms with Crippen LogP contribution in [-0.2, 0) is 21.6 Å². The van der Waals surface area contributed by atoms with E-state index in [1.54, 1.807) is 0 Å². The zero-order valence-corrected chi connectivity index (χ0v) is 20.0. The van der Waals surface area contributed by atoms with Crippen LogP contribution in [-0.4, -0.2) is 53.3 Å². The minimum Gasteiger partial charge on any atom is -0.460 e. The summed E-state index contributed by atoms with van der Waals surface area (Å²) in [6.07, 6.45) is 10.6. The first-order valence-corrected chi connectivity index (χ1v) is 12.7. The van der Waals surface area contributed by atoms with Gasteiger partial charge in [0.15, 0.2) is 5.60 Å². The van der Waals surface area contributed by atoms with E-state index < -0.39 is 11.6 Å². The van der Waals surface area contributed by atoms with E-state index in [2.05, 4.69) is 18.1 Å². The number of pyridine rings is 1. The van der Waals surface area contributed by atoms with Crippen LogP contribution in [0.3, 0.4) is 0 Å². The summed E-state index contributed by atoms with van der Waals surface area (Å²) in [7, 11) is 2.30. The van der Waals surface area contributed by atoms with Crippen molar-refractivity contribution in [3.05, 3.63) is 66.0 Å². The van der Waals surface area contributed by atoms with E-state index in [1.807, 2.05) is 48.7 Å². The fourth-order valence-electron chi connectivity index (χ4n) is 5.67. The lowest BCUT2D eigenvalue weighted by molar-refractivity contribution is -0.915. The molecule has 1 saturated heterocycles. The van der Waals surface area contributed by atoms with Crippen LogP contribution in [0.2, 0.25) is 0 Å². The minimum absolute atomic E-state index is 0.0719. The Morgan fingerprint density at radius 3 is 2.39 bits per heavy atom. The van der Waals surface area contributed by atoms with Crippen molar-refractivity contribution in [2.75, 3.05) is 26.7 Å². The summed E-state index contributed by atoms with van der Waals surface area (Å²) in [4.78, 5) is 17.9. The van der Waals surface area contributed by atoms with Gasteiger partial charge in [0.05, 0.1) is 26.7 Å². The number of carbonyl (C=O) groups excluding carboxylic acids is 1. The fraction of sp³-hybridized carbons (Fsp3) is 0.571. The second-order valence-electron chi connectivity index (χ2n) is 10.3. The van der Waals surface area contributed by atoms with Crippen molar-refractivity contribution in [2.45, 2.75) is 69.5 Å². The summed E-state index contributed by atoms with van der Waals surface area (Å²) < 4.78 is 7.03. The van der Waals surface area contributed by atoms with Crippen LogP contribution in [0.25, 0.3) is 0 Å². The van der Waals surface area contributed by atoms with Crippen molar-refractivity contribution in [1.82, 2.24) is 4.98 Å². The van der Waals surface area contributed by atoms with Crippen LogP contribution in [0.4, 0.5) is 0 Å². The number of hydrogen-bond donors (Lipinski definition) is 1. The molecule has 33 heavy (non-hydrogen) atoms. The van der Waals surface area contributed by atoms with Crippen LogP contribution in [0.15, 0.2) is 54.7 Å². The number of esters is 1. The highest BCUT2D eigenvalue weighted by atomic mass is 16.6. The number of nitrogens with zero attached hydrogens (tertiary/aromatic N) is 2. The minimum atomic E-state index is -1.54. The second kappa shape index (κ2) is 10.8. The van der Waals surface area contributed by atoms with E-state index in [0.717, 1.165) is 81.2 Å². The van der Waals surface area contributed by atoms with Crippen molar-refractivity contribution in [1.29, 1.82) is 0 Å². The van der Waals surface area contributed by atoms with E-state index in [9.17, 15) is 9.90 Å². The van der Waals surface area contributed by atoms with Gasteiger partial charge in [-0.25, -0.2) is 4.79 Å². The average molecular weight is 452 g/mol. The summed E-state index contributed by atoms with van der Waals surface area (Å²) >= 11 is 0. The van der Waals surface area contributed by atoms with E-state index in [-0.39, 0.29) is 12.0 Å². The molecule has 1 saturated carbocycles. The zero-order chi connectivity index (χ0) is 23.2. The number of aliphatic hydroxyl groups is 1. The number of likely N-dealkylation sites (tertiary alicyclic amines) is 1. The van der Waals surface area contributed by atoms with Crippen molar-refractivity contribution >= 4 is 5.97 Å². The van der Waals surface area contributed by atoms with E-state index in [1.165, 1.54) is 6.42 Å². The van der Waals surface area contributed by atoms with Crippen molar-refractivity contribution in [3.63, 3.8) is 0 Å². The number of benzene rings is 1. The molecule has 4 rings (SSSR count). The van der Waals surface area contributed by atoms with Gasteiger partial charge in [-0.05, 0) is 37.0 Å². The monoisotopic (exact) mass is 451 g/mol. The Bertz CT molecular complexity index is 875. The molecule has 0 amide bonds. The van der Waals surface area contributed by atoms with Gasteiger partial charge in [0.2, 0.25) is 0 Å². The zero-order valence-electron chi connectivity index (χ0n) is 20.0. The third kappa shape index (κ3) is 5.82. The van der Waals surface area contributed by atoms with Gasteiger partial charge in [0.1, 0.15) is 6.10 Å². The first kappa shape index (κ1) is 23.9. The maximum absolute atomic E-state index is 13.4. The van der Waals surface area contributed by atoms with Gasteiger partial charge < -0.3 is 14.3 Å². The molecule has 2 aliphatic rings. The van der Waals surface area contributed by atoms with Gasteiger partial charge in [-0.1, -0.05) is 55.7 Å². The molecule has 5 nitrogen and oxygen atoms in total. The summed E-state index contributed by atoms with van der Waals surface area (Å²) in [5.41, 5.74) is 0.281. The highest BCUT2D eigenvalue weighted by Crippen LogP contribution is 2.41. The molecule has 2 aromatic rings. The Morgan fingerprint density at radius 1 is 1.03 bits per heavy atom. The van der Waals surface area contributed by atoms with Crippen molar-refractivity contribution in [3.8, 4) is 0 Å². The van der Waals surface area contributed by atoms with Gasteiger partial charge >= 0.3 is 5.97 Å². The molecular weight excluding hydrogens is 412 g/mol. The quantitative estimate of drug-likeness (QED) is 0.469. The molecule has 0 bridgehead atoms. The van der Waals surface area contributed by atoms with Gasteiger partial charge in [-0.3, -0.25) is 4.98 Å². The van der Waals surface area contributed by atoms with Gasteiger partial charge in [0.25, 0.3) is 0 Å². The lowest BCUT2D eigenvalue weighted by Crippen LogP contribution is -2.53. The molecule has 1 aliphatic heterocycles. The number of aromatic nitrogens is 1. The van der Waals surface area contributed by atoms with Crippen LogP contribution >= 0.6 is 0 Å². The summed E-state index contributed by atoms with van der Waals surface area (Å²) in [5, 5.41) is 11.7. The third-order valence-electron chi connectivity index (χ3n) is 7.83. The Balaban J connectivity index is 1.34. The number of rotatable bonds is 8. The van der Waals surface area contributed by atoms with Crippen LogP contribution in [0.1, 0.15) is 62.6 Å². The van der Waals surface area contributed by atoms with E-state index in [4.69, 9.17) is 4.74 Å². The Hall–Kier alpha value is -2.24. The van der Waals surface area contributed by atoms with Gasteiger partial charge in [-0.15, -0.1) is 0 Å². The fourth-order valence-corrected chi connectivity index (χ4v) is 5.67. The smallest absolute Gasteiger partial charge is 0.343 e. The lowest BCUT2D eigenvalue weighted by atomic mass is 9.73. The molecule has 0 radical (unpaired) electrons. The molecule has 1 aromatic heterocycles. The standard InChI is InChI=1S/C28H39N2O3/c1-30(20-10-16-25-15-8-9-19-29-25)21-17-26(18-22-30)33-27(31)28(32,23-11-4-2-5-12-23)24-13-6-3-7-14-24/h2,4-5,8-9,11-12,15,19,24,26,32H,3,6-7,10,13-14,16-18,20-22H2,1H3/q+1. The topological polar surface area (TPSA) is 59.4 Å². The van der Waals surface area contributed by atoms with E-state index >= 15 is 0 Å². The van der Waals surface area contributed by atoms with Gasteiger partial charge in [0, 0.05) is 37.1 Å². The number of ether oxygens (including phenoxy) is 1. The van der Waals surface area contributed by atoms with Crippen molar-refractivity contribution < 1.29 is 19.1 Å². The molecule has 1 aliphatic carbocycles. The molecule has 1 aromatic carbocycles. The van der Waals surface area contributed by atoms with Crippen LogP contribution < -0.4 is 0 Å². The molecule has 5 heteroatoms. The van der Waals surface area contributed by atoms with Gasteiger partial charge in [-0.2, -0.15) is 0 Å².